The minimum Gasteiger partial charge on any atom is -0.454 e. The van der Waals surface area contributed by atoms with Crippen molar-refractivity contribution in [1.82, 2.24) is 15.1 Å². The third-order valence-corrected chi connectivity index (χ3v) is 4.44. The van der Waals surface area contributed by atoms with Crippen LogP contribution in [-0.4, -0.2) is 47.4 Å². The van der Waals surface area contributed by atoms with Crippen molar-refractivity contribution in [3.05, 3.63) is 18.2 Å². The largest absolute Gasteiger partial charge is 0.454 e. The molecule has 3 rings (SSSR count). The molecule has 0 spiro atoms. The van der Waals surface area contributed by atoms with Gasteiger partial charge in [-0.2, -0.15) is 0 Å². The van der Waals surface area contributed by atoms with Gasteiger partial charge < -0.3 is 9.47 Å². The van der Waals surface area contributed by atoms with Gasteiger partial charge in [0.15, 0.2) is 11.5 Å². The molecule has 1 aliphatic rings. The summed E-state index contributed by atoms with van der Waals surface area (Å²) in [6.07, 6.45) is 0. The summed E-state index contributed by atoms with van der Waals surface area (Å²) in [7, 11) is 0. The predicted octanol–water partition coefficient (Wildman–Crippen LogP) is 2.21. The molecule has 0 radical (unpaired) electrons. The lowest BCUT2D eigenvalue weighted by molar-refractivity contribution is -0.117. The van der Waals surface area contributed by atoms with E-state index in [4.69, 9.17) is 9.47 Å². The monoisotopic (exact) mass is 334 g/mol. The van der Waals surface area contributed by atoms with Crippen LogP contribution in [-0.2, 0) is 4.79 Å². The van der Waals surface area contributed by atoms with Gasteiger partial charge in [0, 0.05) is 5.56 Å². The van der Waals surface area contributed by atoms with Gasteiger partial charge in [-0.25, -0.2) is 0 Å². The standard InChI is InChI=1S/C15H18N4O3S/c1-3-19(4-2)8-13(20)16-15-18-17-14(23-15)10-5-6-11-12(7-10)22-9-21-11/h5-7H,3-4,8-9H2,1-2H3,(H,16,18,20). The Morgan fingerprint density at radius 2 is 2.04 bits per heavy atom. The second-order valence-electron chi connectivity index (χ2n) is 4.99. The summed E-state index contributed by atoms with van der Waals surface area (Å²) in [5, 5.41) is 12.2. The van der Waals surface area contributed by atoms with E-state index in [1.165, 1.54) is 11.3 Å². The molecule has 8 heteroatoms. The number of fused-ring (bicyclic) bond motifs is 1. The molecule has 0 atom stereocenters. The molecule has 2 heterocycles. The van der Waals surface area contributed by atoms with Crippen LogP contribution in [0, 0.1) is 0 Å². The van der Waals surface area contributed by atoms with Gasteiger partial charge in [0.2, 0.25) is 17.8 Å². The highest BCUT2D eigenvalue weighted by molar-refractivity contribution is 7.18. The van der Waals surface area contributed by atoms with Crippen molar-refractivity contribution in [2.45, 2.75) is 13.8 Å². The molecular formula is C15H18N4O3S. The minimum atomic E-state index is -0.0814. The highest BCUT2D eigenvalue weighted by Gasteiger charge is 2.16. The number of carbonyl (C=O) groups excluding carboxylic acids is 1. The number of amides is 1. The molecule has 1 aromatic heterocycles. The van der Waals surface area contributed by atoms with Crippen LogP contribution in [0.4, 0.5) is 5.13 Å². The average Bonchev–Trinajstić information content (AvgIpc) is 3.20. The molecule has 7 nitrogen and oxygen atoms in total. The topological polar surface area (TPSA) is 76.6 Å². The first-order valence-electron chi connectivity index (χ1n) is 7.45. The van der Waals surface area contributed by atoms with Crippen LogP contribution in [0.15, 0.2) is 18.2 Å². The molecule has 1 aliphatic heterocycles. The van der Waals surface area contributed by atoms with Crippen molar-refractivity contribution < 1.29 is 14.3 Å². The number of nitrogens with zero attached hydrogens (tertiary/aromatic N) is 3. The van der Waals surface area contributed by atoms with Crippen LogP contribution in [0.3, 0.4) is 0 Å². The number of rotatable bonds is 6. The van der Waals surface area contributed by atoms with E-state index in [1.807, 2.05) is 36.9 Å². The SMILES string of the molecule is CCN(CC)CC(=O)Nc1nnc(-c2ccc3c(c2)OCO3)s1. The molecule has 0 bridgehead atoms. The van der Waals surface area contributed by atoms with Crippen molar-refractivity contribution in [2.24, 2.45) is 0 Å². The molecule has 0 fully saturated rings. The van der Waals surface area contributed by atoms with Gasteiger partial charge in [-0.05, 0) is 31.3 Å². The number of likely N-dealkylation sites (N-methyl/N-ethyl adjacent to an activating group) is 1. The Labute approximate surface area is 138 Å². The zero-order valence-corrected chi connectivity index (χ0v) is 13.9. The third kappa shape index (κ3) is 3.59. The first-order chi connectivity index (χ1) is 11.2. The van der Waals surface area contributed by atoms with Gasteiger partial charge in [0.05, 0.1) is 6.54 Å². The Balaban J connectivity index is 1.67. The molecule has 2 aromatic rings. The Kier molecular flexibility index (Phi) is 4.73. The molecule has 0 aliphatic carbocycles. The molecule has 122 valence electrons. The van der Waals surface area contributed by atoms with Crippen LogP contribution in [0.1, 0.15) is 13.8 Å². The van der Waals surface area contributed by atoms with E-state index in [0.717, 1.165) is 29.4 Å². The van der Waals surface area contributed by atoms with Crippen LogP contribution in [0.25, 0.3) is 10.6 Å². The first-order valence-corrected chi connectivity index (χ1v) is 8.27. The smallest absolute Gasteiger partial charge is 0.240 e. The second kappa shape index (κ2) is 6.93. The molecule has 0 saturated heterocycles. The quantitative estimate of drug-likeness (QED) is 0.873. The fourth-order valence-corrected chi connectivity index (χ4v) is 2.99. The summed E-state index contributed by atoms with van der Waals surface area (Å²) in [5.41, 5.74) is 0.885. The van der Waals surface area contributed by atoms with Crippen molar-refractivity contribution in [1.29, 1.82) is 0 Å². The van der Waals surface area contributed by atoms with Crippen molar-refractivity contribution >= 4 is 22.4 Å². The Bertz CT molecular complexity index is 700. The summed E-state index contributed by atoms with van der Waals surface area (Å²) >= 11 is 1.33. The lowest BCUT2D eigenvalue weighted by atomic mass is 10.2. The normalized spacial score (nSPS) is 12.7. The van der Waals surface area contributed by atoms with E-state index in [2.05, 4.69) is 15.5 Å². The zero-order valence-electron chi connectivity index (χ0n) is 13.0. The molecule has 0 saturated carbocycles. The highest BCUT2D eigenvalue weighted by atomic mass is 32.1. The number of benzene rings is 1. The molecular weight excluding hydrogens is 316 g/mol. The molecule has 1 aromatic carbocycles. The maximum absolute atomic E-state index is 12.0. The maximum Gasteiger partial charge on any atom is 0.240 e. The zero-order chi connectivity index (χ0) is 16.2. The summed E-state index contributed by atoms with van der Waals surface area (Å²) in [5.74, 6) is 1.35. The van der Waals surface area contributed by atoms with Gasteiger partial charge in [0.1, 0.15) is 5.01 Å². The van der Waals surface area contributed by atoms with E-state index in [1.54, 1.807) is 0 Å². The van der Waals surface area contributed by atoms with Crippen molar-refractivity contribution in [3.63, 3.8) is 0 Å². The fraction of sp³-hybridized carbons (Fsp3) is 0.400. The van der Waals surface area contributed by atoms with Crippen molar-refractivity contribution in [2.75, 3.05) is 31.7 Å². The molecule has 1 amide bonds. The average molecular weight is 334 g/mol. The van der Waals surface area contributed by atoms with Gasteiger partial charge >= 0.3 is 0 Å². The van der Waals surface area contributed by atoms with Crippen LogP contribution < -0.4 is 14.8 Å². The Morgan fingerprint density at radius 1 is 1.26 bits per heavy atom. The van der Waals surface area contributed by atoms with Crippen LogP contribution >= 0.6 is 11.3 Å². The Hall–Kier alpha value is -2.19. The number of ether oxygens (including phenoxy) is 2. The summed E-state index contributed by atoms with van der Waals surface area (Å²) in [6.45, 7) is 6.32. The predicted molar refractivity (Wildman–Crippen MR) is 87.9 cm³/mol. The molecule has 1 N–H and O–H groups in total. The molecule has 23 heavy (non-hydrogen) atoms. The number of anilines is 1. The highest BCUT2D eigenvalue weighted by Crippen LogP contribution is 2.37. The minimum absolute atomic E-state index is 0.0814. The number of carbonyl (C=O) groups is 1. The summed E-state index contributed by atoms with van der Waals surface area (Å²) < 4.78 is 10.6. The van der Waals surface area contributed by atoms with Gasteiger partial charge in [0.25, 0.3) is 0 Å². The van der Waals surface area contributed by atoms with E-state index < -0.39 is 0 Å². The number of hydrogen-bond donors (Lipinski definition) is 1. The van der Waals surface area contributed by atoms with E-state index in [-0.39, 0.29) is 12.7 Å². The summed E-state index contributed by atoms with van der Waals surface area (Å²) in [6, 6.07) is 5.61. The molecule has 0 unspecified atom stereocenters. The van der Waals surface area contributed by atoms with Gasteiger partial charge in [-0.1, -0.05) is 25.2 Å². The summed E-state index contributed by atoms with van der Waals surface area (Å²) in [4.78, 5) is 14.0. The van der Waals surface area contributed by atoms with E-state index in [9.17, 15) is 4.79 Å². The Morgan fingerprint density at radius 3 is 2.83 bits per heavy atom. The lowest BCUT2D eigenvalue weighted by Gasteiger charge is -2.16. The van der Waals surface area contributed by atoms with E-state index >= 15 is 0 Å². The van der Waals surface area contributed by atoms with Crippen LogP contribution in [0.5, 0.6) is 11.5 Å². The first kappa shape index (κ1) is 15.7. The third-order valence-electron chi connectivity index (χ3n) is 3.55. The van der Waals surface area contributed by atoms with Crippen molar-refractivity contribution in [3.8, 4) is 22.1 Å². The van der Waals surface area contributed by atoms with Gasteiger partial charge in [-0.15, -0.1) is 10.2 Å². The number of hydrogen-bond acceptors (Lipinski definition) is 7. The van der Waals surface area contributed by atoms with Gasteiger partial charge in [-0.3, -0.25) is 15.0 Å². The van der Waals surface area contributed by atoms with E-state index in [0.29, 0.717) is 17.4 Å². The lowest BCUT2D eigenvalue weighted by Crippen LogP contribution is -2.32. The fourth-order valence-electron chi connectivity index (χ4n) is 2.23. The maximum atomic E-state index is 12.0. The second-order valence-corrected chi connectivity index (χ2v) is 5.97. The number of nitrogens with one attached hydrogen (secondary N) is 1. The van der Waals surface area contributed by atoms with Crippen LogP contribution in [0.2, 0.25) is 0 Å². The number of aromatic nitrogens is 2.